The Labute approximate surface area is 319 Å². The molecule has 59 heavy (non-hydrogen) atoms. The molecule has 4 saturated heterocycles. The quantitative estimate of drug-likeness (QED) is 0.312. The van der Waals surface area contributed by atoms with Crippen molar-refractivity contribution < 1.29 is 146 Å². The second-order valence-electron chi connectivity index (χ2n) is 11.2. The summed E-state index contributed by atoms with van der Waals surface area (Å²) in [7, 11) is -43.7. The maximum atomic E-state index is 12.8. The molecule has 0 aromatic rings. The molecule has 0 aliphatic carbocycles. The van der Waals surface area contributed by atoms with Crippen molar-refractivity contribution in [2.24, 2.45) is 0 Å². The predicted octanol–water partition coefficient (Wildman–Crippen LogP) is 1.64. The van der Waals surface area contributed by atoms with Crippen LogP contribution in [0.4, 0.5) is 79.0 Å². The van der Waals surface area contributed by atoms with E-state index in [4.69, 9.17) is 0 Å². The molecule has 16 nitrogen and oxygen atoms in total. The topological polar surface area (TPSA) is 273 Å². The fourth-order valence-corrected chi connectivity index (χ4v) is 20.2. The monoisotopic (exact) mass is 1080 g/mol. The Morgan fingerprint density at radius 1 is 0.254 bits per heavy atom. The van der Waals surface area contributed by atoms with E-state index in [0.717, 1.165) is 0 Å². The first-order valence-electron chi connectivity index (χ1n) is 12.7. The molecule has 42 heteroatoms. The van der Waals surface area contributed by atoms with E-state index in [1.54, 1.807) is 0 Å². The third-order valence-electron chi connectivity index (χ3n) is 6.74. The highest BCUT2D eigenvalue weighted by Gasteiger charge is 2.90. The van der Waals surface area contributed by atoms with Crippen molar-refractivity contribution in [3.8, 4) is 0 Å². The van der Waals surface area contributed by atoms with Crippen LogP contribution in [0, 0.1) is 0 Å². The first-order chi connectivity index (χ1) is 24.5. The van der Waals surface area contributed by atoms with Gasteiger partial charge in [-0.2, -0.15) is 79.0 Å². The van der Waals surface area contributed by atoms with Crippen LogP contribution in [0.25, 0.3) is 0 Å². The van der Waals surface area contributed by atoms with Crippen molar-refractivity contribution in [1.29, 1.82) is 0 Å². The van der Waals surface area contributed by atoms with Crippen molar-refractivity contribution in [3.05, 3.63) is 0 Å². The molecular formula is C17H18F18O16S8. The fourth-order valence-electron chi connectivity index (χ4n) is 3.63. The highest BCUT2D eigenvalue weighted by atomic mass is 32.3. The molecule has 0 unspecified atom stereocenters. The lowest BCUT2D eigenvalue weighted by molar-refractivity contribution is -0.324. The SMILES string of the molecule is C.O=S1(=O)CCCS(=O)(=O)C1.O=S1(=O)CS(=O)(=O)C(F)(F)C(F)(F)C(F)(F)C1(F)F.O=S1(=O)CS(=O)(=O)C(F)(F)C(F)(F)C1(F)F.O=S1(=O)CS(=O)(=O)C(F)(F)C1(F)F. The van der Waals surface area contributed by atoms with Crippen LogP contribution >= 0.6 is 0 Å². The molecule has 4 rings (SSSR count). The molecule has 0 saturated carbocycles. The zero-order valence-electron chi connectivity index (χ0n) is 26.1. The number of rotatable bonds is 0. The van der Waals surface area contributed by atoms with Gasteiger partial charge in [-0.3, -0.25) is 0 Å². The van der Waals surface area contributed by atoms with Crippen molar-refractivity contribution in [1.82, 2.24) is 0 Å². The van der Waals surface area contributed by atoms with Gasteiger partial charge in [-0.1, -0.05) is 7.43 Å². The molecule has 0 N–H and O–H groups in total. The molecule has 0 radical (unpaired) electrons. The Bertz CT molecular complexity index is 2410. The Morgan fingerprint density at radius 2 is 0.424 bits per heavy atom. The fraction of sp³-hybridized carbons (Fsp3) is 1.00. The molecule has 0 atom stereocenters. The summed E-state index contributed by atoms with van der Waals surface area (Å²) >= 11 is 0. The van der Waals surface area contributed by atoms with E-state index in [1.165, 1.54) is 0 Å². The highest BCUT2D eigenvalue weighted by Crippen LogP contribution is 2.59. The summed E-state index contributed by atoms with van der Waals surface area (Å²) in [5, 5.41) is -45.5. The first-order valence-corrected chi connectivity index (χ1v) is 26.2. The smallest absolute Gasteiger partial charge is 0.228 e. The summed E-state index contributed by atoms with van der Waals surface area (Å²) < 4.78 is 395. The zero-order chi connectivity index (χ0) is 47.4. The third-order valence-corrected chi connectivity index (χ3v) is 25.2. The normalized spacial score (nSPS) is 32.0. The van der Waals surface area contributed by atoms with Gasteiger partial charge in [0.15, 0.2) is 40.0 Å². The molecule has 356 valence electrons. The second kappa shape index (κ2) is 15.0. The van der Waals surface area contributed by atoms with Gasteiger partial charge in [0.1, 0.15) is 0 Å². The Balaban J connectivity index is 0.000000774. The van der Waals surface area contributed by atoms with Crippen LogP contribution in [-0.2, 0) is 78.7 Å². The second-order valence-corrected chi connectivity index (χ2v) is 29.2. The van der Waals surface area contributed by atoms with Crippen LogP contribution in [-0.4, -0.2) is 148 Å². The van der Waals surface area contributed by atoms with E-state index in [0.29, 0.717) is 0 Å². The molecule has 4 fully saturated rings. The summed E-state index contributed by atoms with van der Waals surface area (Å²) in [5.41, 5.74) is 0. The summed E-state index contributed by atoms with van der Waals surface area (Å²) in [5.74, 6) is -20.7. The zero-order valence-corrected chi connectivity index (χ0v) is 32.6. The Morgan fingerprint density at radius 3 is 0.559 bits per heavy atom. The molecule has 4 heterocycles. The molecule has 0 aromatic heterocycles. The summed E-state index contributed by atoms with van der Waals surface area (Å²) in [6, 6.07) is 0. The molecule has 0 aromatic carbocycles. The van der Waals surface area contributed by atoms with Gasteiger partial charge in [0.2, 0.25) is 59.0 Å². The minimum atomic E-state index is -7.11. The lowest BCUT2D eigenvalue weighted by atomic mass is 10.2. The predicted molar refractivity (Wildman–Crippen MR) is 156 cm³/mol. The summed E-state index contributed by atoms with van der Waals surface area (Å²) in [6.07, 6.45) is 0.255. The lowest BCUT2D eigenvalue weighted by Gasteiger charge is -2.35. The van der Waals surface area contributed by atoms with Gasteiger partial charge < -0.3 is 0 Å². The van der Waals surface area contributed by atoms with Gasteiger partial charge in [0.25, 0.3) is 0 Å². The highest BCUT2D eigenvalue weighted by molar-refractivity contribution is 8.12. The number of alkyl halides is 18. The molecule has 4 aliphatic rings. The van der Waals surface area contributed by atoms with E-state index >= 15 is 0 Å². The number of hydrogen-bond donors (Lipinski definition) is 0. The first kappa shape index (κ1) is 57.3. The van der Waals surface area contributed by atoms with E-state index in [9.17, 15) is 146 Å². The van der Waals surface area contributed by atoms with Crippen molar-refractivity contribution in [2.45, 2.75) is 63.1 Å². The maximum Gasteiger partial charge on any atom is 0.422 e. The number of halogens is 18. The van der Waals surface area contributed by atoms with Gasteiger partial charge in [0.05, 0.1) is 11.5 Å². The van der Waals surface area contributed by atoms with Crippen LogP contribution in [0.5, 0.6) is 0 Å². The van der Waals surface area contributed by atoms with Gasteiger partial charge >= 0.3 is 49.3 Å². The molecule has 4 aliphatic heterocycles. The minimum absolute atomic E-state index is 0. The number of sulfone groups is 8. The van der Waals surface area contributed by atoms with Crippen molar-refractivity contribution in [3.63, 3.8) is 0 Å². The molecule has 0 spiro atoms. The van der Waals surface area contributed by atoms with Gasteiger partial charge in [-0.25, -0.2) is 67.3 Å². The average Bonchev–Trinajstić information content (AvgIpc) is 3.01. The van der Waals surface area contributed by atoms with Crippen LogP contribution < -0.4 is 0 Å². The van der Waals surface area contributed by atoms with E-state index in [-0.39, 0.29) is 25.4 Å². The van der Waals surface area contributed by atoms with Crippen LogP contribution in [0.2, 0.25) is 0 Å². The lowest BCUT2D eigenvalue weighted by Crippen LogP contribution is -2.66. The van der Waals surface area contributed by atoms with Gasteiger partial charge in [0, 0.05) is 0 Å². The third kappa shape index (κ3) is 8.69. The standard InChI is InChI=1S/C5H2F8O4S2.C4H2F6O4S2.C4H8O4S2.C3H2F4O4S2.CH4/c6-2(7)3(8,9)5(12,13)19(16,17)1-18(14,15)4(2,10)11;5-2(6)3(7,8)15(11,12)1-16(13,14)4(2,9)10;5-9(6)2-1-3-10(7,8)4-9;4-2(5)3(6,7)13(10,11)1-12(2,8)9;/h1H2;1H2;1-4H2;1H2;1H4. The van der Waals surface area contributed by atoms with Gasteiger partial charge in [-0.05, 0) is 6.42 Å². The summed E-state index contributed by atoms with van der Waals surface area (Å²) in [6.45, 7) is 0. The Hall–Kier alpha value is -1.66. The maximum absolute atomic E-state index is 12.8. The van der Waals surface area contributed by atoms with E-state index in [1.807, 2.05) is 0 Å². The largest absolute Gasteiger partial charge is 0.422 e. The molecule has 0 bridgehead atoms. The van der Waals surface area contributed by atoms with Gasteiger partial charge in [-0.15, -0.1) is 0 Å². The molecular weight excluding hydrogens is 1060 g/mol. The van der Waals surface area contributed by atoms with Crippen LogP contribution in [0.3, 0.4) is 0 Å². The molecule has 0 amide bonds. The van der Waals surface area contributed by atoms with E-state index < -0.39 is 148 Å². The van der Waals surface area contributed by atoms with Crippen molar-refractivity contribution in [2.75, 3.05) is 31.8 Å². The Kier molecular flexibility index (Phi) is 14.6. The van der Waals surface area contributed by atoms with Crippen LogP contribution in [0.15, 0.2) is 0 Å². The number of hydrogen-bond acceptors (Lipinski definition) is 16. The van der Waals surface area contributed by atoms with Crippen molar-refractivity contribution >= 4 is 78.7 Å². The minimum Gasteiger partial charge on any atom is -0.228 e. The van der Waals surface area contributed by atoms with Crippen LogP contribution in [0.1, 0.15) is 13.8 Å². The van der Waals surface area contributed by atoms with E-state index in [2.05, 4.69) is 0 Å². The summed E-state index contributed by atoms with van der Waals surface area (Å²) in [4.78, 5) is 0. The average molecular weight is 1080 g/mol.